The second kappa shape index (κ2) is 5.84. The molecule has 2 N–H and O–H groups in total. The van der Waals surface area contributed by atoms with Crippen molar-refractivity contribution in [1.29, 1.82) is 0 Å². The zero-order chi connectivity index (χ0) is 11.4. The predicted octanol–water partition coefficient (Wildman–Crippen LogP) is 3.08. The maximum Gasteiger partial charge on any atom is 0.169 e. The van der Waals surface area contributed by atoms with E-state index in [9.17, 15) is 0 Å². The Bertz CT molecular complexity index is 327. The van der Waals surface area contributed by atoms with Crippen molar-refractivity contribution in [1.82, 2.24) is 0 Å². The molecule has 1 fully saturated rings. The summed E-state index contributed by atoms with van der Waals surface area (Å²) < 4.78 is 12.0. The monoisotopic (exact) mass is 287 g/mol. The molecule has 1 aliphatic carbocycles. The quantitative estimate of drug-likeness (QED) is 0.926. The van der Waals surface area contributed by atoms with Crippen LogP contribution in [0.1, 0.15) is 31.4 Å². The molecule has 1 aromatic rings. The van der Waals surface area contributed by atoms with Gasteiger partial charge < -0.3 is 14.9 Å². The molecular formula is C12H18BrNO2. The van der Waals surface area contributed by atoms with Crippen LogP contribution in [0.3, 0.4) is 0 Å². The van der Waals surface area contributed by atoms with Gasteiger partial charge >= 0.3 is 0 Å². The molecule has 90 valence electrons. The van der Waals surface area contributed by atoms with Gasteiger partial charge in [0.1, 0.15) is 12.4 Å². The van der Waals surface area contributed by atoms with Crippen molar-refractivity contribution in [2.45, 2.75) is 38.4 Å². The number of hydrogen-bond acceptors (Lipinski definition) is 3. The molecule has 2 atom stereocenters. The van der Waals surface area contributed by atoms with Crippen LogP contribution in [0.2, 0.25) is 0 Å². The summed E-state index contributed by atoms with van der Waals surface area (Å²) in [6, 6.07) is 3.82. The SMILES string of the molecule is NCC1CCCCC1OCc1ccc(Br)o1. The summed E-state index contributed by atoms with van der Waals surface area (Å²) in [5, 5.41) is 0. The van der Waals surface area contributed by atoms with Gasteiger partial charge in [0.15, 0.2) is 4.67 Å². The summed E-state index contributed by atoms with van der Waals surface area (Å²) in [4.78, 5) is 0. The van der Waals surface area contributed by atoms with Crippen LogP contribution in [-0.4, -0.2) is 12.6 Å². The first-order valence-corrected chi connectivity index (χ1v) is 6.65. The summed E-state index contributed by atoms with van der Waals surface area (Å²) in [7, 11) is 0. The molecular weight excluding hydrogens is 270 g/mol. The largest absolute Gasteiger partial charge is 0.452 e. The van der Waals surface area contributed by atoms with Gasteiger partial charge in [-0.25, -0.2) is 0 Å². The first-order chi connectivity index (χ1) is 7.79. The Hall–Kier alpha value is -0.320. The van der Waals surface area contributed by atoms with Crippen LogP contribution in [0, 0.1) is 5.92 Å². The van der Waals surface area contributed by atoms with Gasteiger partial charge in [0.25, 0.3) is 0 Å². The fraction of sp³-hybridized carbons (Fsp3) is 0.667. The molecule has 1 heterocycles. The van der Waals surface area contributed by atoms with E-state index in [0.29, 0.717) is 18.6 Å². The number of nitrogens with two attached hydrogens (primary N) is 1. The van der Waals surface area contributed by atoms with Crippen LogP contribution in [-0.2, 0) is 11.3 Å². The molecule has 2 rings (SSSR count). The van der Waals surface area contributed by atoms with E-state index in [4.69, 9.17) is 14.9 Å². The van der Waals surface area contributed by atoms with E-state index < -0.39 is 0 Å². The summed E-state index contributed by atoms with van der Waals surface area (Å²) in [6.07, 6.45) is 5.17. The fourth-order valence-electron chi connectivity index (χ4n) is 2.28. The van der Waals surface area contributed by atoms with Gasteiger partial charge in [-0.3, -0.25) is 0 Å². The van der Waals surface area contributed by atoms with Gasteiger partial charge in [-0.1, -0.05) is 12.8 Å². The maximum absolute atomic E-state index is 5.89. The lowest BCUT2D eigenvalue weighted by Crippen LogP contribution is -2.33. The molecule has 1 aromatic heterocycles. The van der Waals surface area contributed by atoms with Crippen LogP contribution >= 0.6 is 15.9 Å². The Balaban J connectivity index is 1.84. The molecule has 1 saturated carbocycles. The lowest BCUT2D eigenvalue weighted by molar-refractivity contribution is -0.0248. The van der Waals surface area contributed by atoms with Crippen molar-refractivity contribution in [2.75, 3.05) is 6.54 Å². The third-order valence-electron chi connectivity index (χ3n) is 3.21. The average Bonchev–Trinajstić information content (AvgIpc) is 2.73. The Morgan fingerprint density at radius 2 is 2.19 bits per heavy atom. The Morgan fingerprint density at radius 3 is 2.88 bits per heavy atom. The summed E-state index contributed by atoms with van der Waals surface area (Å²) >= 11 is 3.28. The van der Waals surface area contributed by atoms with Crippen molar-refractivity contribution in [3.05, 3.63) is 22.6 Å². The van der Waals surface area contributed by atoms with E-state index >= 15 is 0 Å². The van der Waals surface area contributed by atoms with Crippen molar-refractivity contribution >= 4 is 15.9 Å². The number of furan rings is 1. The minimum Gasteiger partial charge on any atom is -0.452 e. The van der Waals surface area contributed by atoms with Gasteiger partial charge in [-0.05, 0) is 53.4 Å². The molecule has 0 spiro atoms. The summed E-state index contributed by atoms with van der Waals surface area (Å²) in [5.41, 5.74) is 5.76. The molecule has 1 aliphatic rings. The van der Waals surface area contributed by atoms with Gasteiger partial charge in [-0.2, -0.15) is 0 Å². The van der Waals surface area contributed by atoms with Crippen molar-refractivity contribution in [3.63, 3.8) is 0 Å². The normalized spacial score (nSPS) is 25.9. The minimum absolute atomic E-state index is 0.308. The molecule has 4 heteroatoms. The summed E-state index contributed by atoms with van der Waals surface area (Å²) in [6.45, 7) is 1.28. The van der Waals surface area contributed by atoms with E-state index in [0.717, 1.165) is 23.4 Å². The van der Waals surface area contributed by atoms with Crippen LogP contribution in [0.4, 0.5) is 0 Å². The van der Waals surface area contributed by atoms with Crippen molar-refractivity contribution < 1.29 is 9.15 Å². The van der Waals surface area contributed by atoms with E-state index in [1.54, 1.807) is 0 Å². The van der Waals surface area contributed by atoms with Gasteiger partial charge in [0.2, 0.25) is 0 Å². The first kappa shape index (κ1) is 12.1. The van der Waals surface area contributed by atoms with E-state index in [-0.39, 0.29) is 0 Å². The van der Waals surface area contributed by atoms with Gasteiger partial charge in [0.05, 0.1) is 6.10 Å². The topological polar surface area (TPSA) is 48.4 Å². The van der Waals surface area contributed by atoms with E-state index in [2.05, 4.69) is 15.9 Å². The second-order valence-corrected chi connectivity index (χ2v) is 5.12. The number of rotatable bonds is 4. The fourth-order valence-corrected chi connectivity index (χ4v) is 2.62. The Morgan fingerprint density at radius 1 is 1.38 bits per heavy atom. The van der Waals surface area contributed by atoms with Crippen LogP contribution in [0.5, 0.6) is 0 Å². The molecule has 0 radical (unpaired) electrons. The highest BCUT2D eigenvalue weighted by atomic mass is 79.9. The van der Waals surface area contributed by atoms with Crippen molar-refractivity contribution in [3.8, 4) is 0 Å². The molecule has 16 heavy (non-hydrogen) atoms. The zero-order valence-corrected chi connectivity index (χ0v) is 10.9. The molecule has 3 nitrogen and oxygen atoms in total. The highest BCUT2D eigenvalue weighted by Crippen LogP contribution is 2.27. The van der Waals surface area contributed by atoms with E-state index in [1.807, 2.05) is 12.1 Å². The van der Waals surface area contributed by atoms with E-state index in [1.165, 1.54) is 19.3 Å². The smallest absolute Gasteiger partial charge is 0.169 e. The Labute approximate surface area is 104 Å². The van der Waals surface area contributed by atoms with Crippen molar-refractivity contribution in [2.24, 2.45) is 11.7 Å². The number of hydrogen-bond donors (Lipinski definition) is 1. The van der Waals surface area contributed by atoms with Crippen LogP contribution in [0.15, 0.2) is 21.2 Å². The molecule has 0 bridgehead atoms. The Kier molecular flexibility index (Phi) is 4.44. The minimum atomic E-state index is 0.308. The van der Waals surface area contributed by atoms with Gasteiger partial charge in [0, 0.05) is 0 Å². The number of halogens is 1. The number of ether oxygens (including phenoxy) is 1. The molecule has 0 aromatic carbocycles. The standard InChI is InChI=1S/C12H18BrNO2/c13-12-6-5-10(16-12)8-15-11-4-2-1-3-9(11)7-14/h5-6,9,11H,1-4,7-8,14H2. The third-order valence-corrected chi connectivity index (χ3v) is 3.64. The lowest BCUT2D eigenvalue weighted by atomic mass is 9.86. The maximum atomic E-state index is 5.89. The highest BCUT2D eigenvalue weighted by Gasteiger charge is 2.24. The zero-order valence-electron chi connectivity index (χ0n) is 9.32. The first-order valence-electron chi connectivity index (χ1n) is 5.85. The van der Waals surface area contributed by atoms with Gasteiger partial charge in [-0.15, -0.1) is 0 Å². The van der Waals surface area contributed by atoms with Crippen LogP contribution in [0.25, 0.3) is 0 Å². The average molecular weight is 288 g/mol. The molecule has 0 saturated heterocycles. The summed E-state index contributed by atoms with van der Waals surface area (Å²) in [5.74, 6) is 1.39. The molecule has 0 amide bonds. The highest BCUT2D eigenvalue weighted by molar-refractivity contribution is 9.10. The van der Waals surface area contributed by atoms with Crippen LogP contribution < -0.4 is 5.73 Å². The second-order valence-electron chi connectivity index (χ2n) is 4.34. The third kappa shape index (κ3) is 3.09. The molecule has 0 aliphatic heterocycles. The molecule has 2 unspecified atom stereocenters. The lowest BCUT2D eigenvalue weighted by Gasteiger charge is -2.30. The predicted molar refractivity (Wildman–Crippen MR) is 66.0 cm³/mol.